The Labute approximate surface area is 176 Å². The second-order valence-electron chi connectivity index (χ2n) is 6.57. The van der Waals surface area contributed by atoms with E-state index in [1.807, 2.05) is 0 Å². The lowest BCUT2D eigenvalue weighted by molar-refractivity contribution is -0.133. The maximum absolute atomic E-state index is 12.9. The van der Waals surface area contributed by atoms with Gasteiger partial charge in [-0.25, -0.2) is 17.6 Å². The van der Waals surface area contributed by atoms with Gasteiger partial charge in [0.2, 0.25) is 10.0 Å². The van der Waals surface area contributed by atoms with Gasteiger partial charge in [-0.1, -0.05) is 26.0 Å². The number of carbonyl (C=O) groups is 2. The molecule has 0 bridgehead atoms. The van der Waals surface area contributed by atoms with Crippen LogP contribution in [0.25, 0.3) is 0 Å². The number of likely N-dealkylation sites (N-methyl/N-ethyl adjacent to an activating group) is 1. The molecule has 0 unspecified atom stereocenters. The molecule has 0 radical (unpaired) electrons. The molecule has 30 heavy (non-hydrogen) atoms. The second kappa shape index (κ2) is 10.3. The Balaban J connectivity index is 1.94. The smallest absolute Gasteiger partial charge is 0.338 e. The standard InChI is InChI=1S/C21H25FN2O5S/c1-4-24(5-2)30(27,28)19-12-8-17(9-13-19)21(26)29-15-20(25)23(3)14-16-6-10-18(22)11-7-16/h6-13H,4-5,14-15H2,1-3H3. The highest BCUT2D eigenvalue weighted by atomic mass is 32.2. The van der Waals surface area contributed by atoms with Crippen LogP contribution in [0.2, 0.25) is 0 Å². The SMILES string of the molecule is CCN(CC)S(=O)(=O)c1ccc(C(=O)OCC(=O)N(C)Cc2ccc(F)cc2)cc1. The fourth-order valence-corrected chi connectivity index (χ4v) is 4.21. The number of benzene rings is 2. The van der Waals surface area contributed by atoms with E-state index in [9.17, 15) is 22.4 Å². The first-order valence-corrected chi connectivity index (χ1v) is 10.9. The number of hydrogen-bond donors (Lipinski definition) is 0. The van der Waals surface area contributed by atoms with Crippen molar-refractivity contribution in [2.24, 2.45) is 0 Å². The minimum Gasteiger partial charge on any atom is -0.452 e. The minimum atomic E-state index is -3.62. The summed E-state index contributed by atoms with van der Waals surface area (Å²) in [7, 11) is -2.07. The van der Waals surface area contributed by atoms with E-state index in [0.717, 1.165) is 5.56 Å². The molecule has 0 heterocycles. The number of hydrogen-bond acceptors (Lipinski definition) is 5. The number of esters is 1. The Morgan fingerprint density at radius 2 is 1.53 bits per heavy atom. The first kappa shape index (κ1) is 23.5. The van der Waals surface area contributed by atoms with E-state index in [2.05, 4.69) is 0 Å². The molecule has 9 heteroatoms. The summed E-state index contributed by atoms with van der Waals surface area (Å²) in [6.45, 7) is 3.96. The average Bonchev–Trinajstić information content (AvgIpc) is 2.74. The Morgan fingerprint density at radius 1 is 0.967 bits per heavy atom. The summed E-state index contributed by atoms with van der Waals surface area (Å²) >= 11 is 0. The molecule has 2 aromatic carbocycles. The summed E-state index contributed by atoms with van der Waals surface area (Å²) < 4.78 is 44.2. The van der Waals surface area contributed by atoms with Crippen LogP contribution in [0.15, 0.2) is 53.4 Å². The van der Waals surface area contributed by atoms with Crippen LogP contribution in [0, 0.1) is 5.82 Å². The molecule has 2 rings (SSSR count). The van der Waals surface area contributed by atoms with Gasteiger partial charge in [0.05, 0.1) is 10.5 Å². The molecule has 0 aliphatic heterocycles. The van der Waals surface area contributed by atoms with Gasteiger partial charge in [-0.15, -0.1) is 0 Å². The van der Waals surface area contributed by atoms with Gasteiger partial charge in [0.1, 0.15) is 5.82 Å². The van der Waals surface area contributed by atoms with Crippen LogP contribution in [0.5, 0.6) is 0 Å². The third-order valence-electron chi connectivity index (χ3n) is 4.52. The molecule has 162 valence electrons. The Bertz CT molecular complexity index is 971. The lowest BCUT2D eigenvalue weighted by Crippen LogP contribution is -2.31. The monoisotopic (exact) mass is 436 g/mol. The fraction of sp³-hybridized carbons (Fsp3) is 0.333. The quantitative estimate of drug-likeness (QED) is 0.565. The van der Waals surface area contributed by atoms with Gasteiger partial charge < -0.3 is 9.64 Å². The Hall–Kier alpha value is -2.78. The molecule has 0 saturated heterocycles. The summed E-state index contributed by atoms with van der Waals surface area (Å²) in [5.74, 6) is -1.52. The van der Waals surface area contributed by atoms with Gasteiger partial charge in [0, 0.05) is 26.7 Å². The Kier molecular flexibility index (Phi) is 8.08. The van der Waals surface area contributed by atoms with Crippen LogP contribution in [0.3, 0.4) is 0 Å². The maximum atomic E-state index is 12.9. The maximum Gasteiger partial charge on any atom is 0.338 e. The van der Waals surface area contributed by atoms with Crippen LogP contribution in [-0.4, -0.2) is 56.2 Å². The molecule has 0 saturated carbocycles. The van der Waals surface area contributed by atoms with Crippen molar-refractivity contribution in [3.8, 4) is 0 Å². The molecule has 0 aliphatic rings. The lowest BCUT2D eigenvalue weighted by Gasteiger charge is -2.18. The van der Waals surface area contributed by atoms with Crippen molar-refractivity contribution in [1.82, 2.24) is 9.21 Å². The summed E-state index contributed by atoms with van der Waals surface area (Å²) in [5, 5.41) is 0. The molecular formula is C21H25FN2O5S. The summed E-state index contributed by atoms with van der Waals surface area (Å²) in [6, 6.07) is 11.1. The highest BCUT2D eigenvalue weighted by Gasteiger charge is 2.22. The fourth-order valence-electron chi connectivity index (χ4n) is 2.75. The van der Waals surface area contributed by atoms with Gasteiger partial charge in [-0.2, -0.15) is 4.31 Å². The number of amides is 1. The molecule has 2 aromatic rings. The van der Waals surface area contributed by atoms with Crippen LogP contribution in [0.4, 0.5) is 4.39 Å². The van der Waals surface area contributed by atoms with E-state index < -0.39 is 28.5 Å². The zero-order valence-corrected chi connectivity index (χ0v) is 18.0. The molecule has 7 nitrogen and oxygen atoms in total. The number of carbonyl (C=O) groups excluding carboxylic acids is 2. The molecule has 0 atom stereocenters. The molecule has 1 amide bonds. The van der Waals surface area contributed by atoms with E-state index in [0.29, 0.717) is 13.1 Å². The normalized spacial score (nSPS) is 11.4. The van der Waals surface area contributed by atoms with Crippen molar-refractivity contribution in [3.63, 3.8) is 0 Å². The molecule has 0 N–H and O–H groups in total. The topological polar surface area (TPSA) is 84.0 Å². The Morgan fingerprint density at radius 3 is 2.07 bits per heavy atom. The number of rotatable bonds is 9. The largest absolute Gasteiger partial charge is 0.452 e. The highest BCUT2D eigenvalue weighted by Crippen LogP contribution is 2.16. The van der Waals surface area contributed by atoms with E-state index in [1.165, 1.54) is 45.6 Å². The predicted molar refractivity (Wildman–Crippen MR) is 110 cm³/mol. The molecule has 0 spiro atoms. The predicted octanol–water partition coefficient (Wildman–Crippen LogP) is 2.67. The van der Waals surface area contributed by atoms with Crippen molar-refractivity contribution < 1.29 is 27.1 Å². The van der Waals surface area contributed by atoms with Crippen molar-refractivity contribution in [2.75, 3.05) is 26.7 Å². The average molecular weight is 437 g/mol. The van der Waals surface area contributed by atoms with Gasteiger partial charge in [-0.05, 0) is 42.0 Å². The van der Waals surface area contributed by atoms with E-state index in [1.54, 1.807) is 33.0 Å². The van der Waals surface area contributed by atoms with Crippen LogP contribution >= 0.6 is 0 Å². The molecule has 0 aromatic heterocycles. The number of sulfonamides is 1. The molecule has 0 fully saturated rings. The zero-order chi connectivity index (χ0) is 22.3. The van der Waals surface area contributed by atoms with Gasteiger partial charge in [0.15, 0.2) is 6.61 Å². The van der Waals surface area contributed by atoms with Crippen molar-refractivity contribution in [2.45, 2.75) is 25.3 Å². The van der Waals surface area contributed by atoms with E-state index in [-0.39, 0.29) is 22.8 Å². The van der Waals surface area contributed by atoms with Gasteiger partial charge in [-0.3, -0.25) is 4.79 Å². The third-order valence-corrected chi connectivity index (χ3v) is 6.58. The minimum absolute atomic E-state index is 0.0813. The van der Waals surface area contributed by atoms with Crippen molar-refractivity contribution in [1.29, 1.82) is 0 Å². The van der Waals surface area contributed by atoms with Crippen LogP contribution in [0.1, 0.15) is 29.8 Å². The summed E-state index contributed by atoms with van der Waals surface area (Å²) in [4.78, 5) is 25.8. The second-order valence-corrected chi connectivity index (χ2v) is 8.50. The number of nitrogens with zero attached hydrogens (tertiary/aromatic N) is 2. The van der Waals surface area contributed by atoms with E-state index in [4.69, 9.17) is 4.74 Å². The van der Waals surface area contributed by atoms with Crippen LogP contribution < -0.4 is 0 Å². The third kappa shape index (κ3) is 5.87. The zero-order valence-electron chi connectivity index (χ0n) is 17.2. The molecular weight excluding hydrogens is 411 g/mol. The number of ether oxygens (including phenoxy) is 1. The number of halogens is 1. The lowest BCUT2D eigenvalue weighted by atomic mass is 10.2. The summed E-state index contributed by atoms with van der Waals surface area (Å²) in [6.07, 6.45) is 0. The first-order valence-electron chi connectivity index (χ1n) is 9.44. The van der Waals surface area contributed by atoms with E-state index >= 15 is 0 Å². The molecule has 0 aliphatic carbocycles. The highest BCUT2D eigenvalue weighted by molar-refractivity contribution is 7.89. The van der Waals surface area contributed by atoms with Gasteiger partial charge >= 0.3 is 5.97 Å². The summed E-state index contributed by atoms with van der Waals surface area (Å²) in [5.41, 5.74) is 0.881. The van der Waals surface area contributed by atoms with Gasteiger partial charge in [0.25, 0.3) is 5.91 Å². The first-order chi connectivity index (χ1) is 14.2. The van der Waals surface area contributed by atoms with Crippen molar-refractivity contribution in [3.05, 3.63) is 65.5 Å². The van der Waals surface area contributed by atoms with Crippen LogP contribution in [-0.2, 0) is 26.1 Å². The van der Waals surface area contributed by atoms with Crippen molar-refractivity contribution >= 4 is 21.9 Å².